The maximum Gasteiger partial charge on any atom is 0.142 e. The fourth-order valence-electron chi connectivity index (χ4n) is 1.85. The lowest BCUT2D eigenvalue weighted by Gasteiger charge is -2.18. The van der Waals surface area contributed by atoms with E-state index in [4.69, 9.17) is 5.84 Å². The molecule has 0 heterocycles. The van der Waals surface area contributed by atoms with Gasteiger partial charge in [0.1, 0.15) is 11.6 Å². The average Bonchev–Trinajstić information content (AvgIpc) is 2.34. The van der Waals surface area contributed by atoms with E-state index in [-0.39, 0.29) is 0 Å². The average molecular weight is 392 g/mol. The maximum absolute atomic E-state index is 14.1. The van der Waals surface area contributed by atoms with Gasteiger partial charge in [-0.1, -0.05) is 28.1 Å². The van der Waals surface area contributed by atoms with Crippen molar-refractivity contribution in [2.24, 2.45) is 5.84 Å². The molecule has 2 rings (SSSR count). The number of nitrogens with two attached hydrogens (primary N) is 1. The van der Waals surface area contributed by atoms with Crippen molar-refractivity contribution in [3.63, 3.8) is 0 Å². The molecule has 0 aliphatic rings. The van der Waals surface area contributed by atoms with Crippen LogP contribution in [0.2, 0.25) is 0 Å². The number of benzene rings is 2. The summed E-state index contributed by atoms with van der Waals surface area (Å²) >= 11 is 6.32. The molecule has 1 atom stereocenters. The van der Waals surface area contributed by atoms with E-state index < -0.39 is 17.7 Å². The van der Waals surface area contributed by atoms with Crippen LogP contribution in [0.15, 0.2) is 45.3 Å². The van der Waals surface area contributed by atoms with Crippen molar-refractivity contribution in [3.05, 3.63) is 68.1 Å². The molecule has 100 valence electrons. The molecule has 2 aromatic carbocycles. The quantitative estimate of drug-likeness (QED) is 0.612. The molecule has 2 aromatic rings. The Morgan fingerprint density at radius 3 is 2.47 bits per heavy atom. The van der Waals surface area contributed by atoms with Crippen molar-refractivity contribution in [2.75, 3.05) is 0 Å². The lowest BCUT2D eigenvalue weighted by Crippen LogP contribution is -2.29. The minimum atomic E-state index is -0.635. The van der Waals surface area contributed by atoms with Crippen molar-refractivity contribution >= 4 is 31.9 Å². The van der Waals surface area contributed by atoms with Gasteiger partial charge in [-0.2, -0.15) is 0 Å². The standard InChI is InChI=1S/C13H10Br2F2N2/c14-8-4-7(5-9(16)6-8)13(19-18)10-2-1-3-11(15)12(10)17/h1-6,13,19H,18H2. The summed E-state index contributed by atoms with van der Waals surface area (Å²) in [5.41, 5.74) is 3.38. The molecule has 0 bridgehead atoms. The van der Waals surface area contributed by atoms with Crippen LogP contribution in [-0.2, 0) is 0 Å². The Morgan fingerprint density at radius 1 is 1.11 bits per heavy atom. The molecule has 3 N–H and O–H groups in total. The Labute approximate surface area is 126 Å². The SMILES string of the molecule is NNC(c1cc(F)cc(Br)c1)c1cccc(Br)c1F. The Kier molecular flexibility index (Phi) is 4.67. The van der Waals surface area contributed by atoms with E-state index in [0.29, 0.717) is 20.1 Å². The van der Waals surface area contributed by atoms with Gasteiger partial charge >= 0.3 is 0 Å². The molecular weight excluding hydrogens is 382 g/mol. The molecular formula is C13H10Br2F2N2. The summed E-state index contributed by atoms with van der Waals surface area (Å²) in [5, 5.41) is 0. The highest BCUT2D eigenvalue weighted by Crippen LogP contribution is 2.29. The Balaban J connectivity index is 2.53. The van der Waals surface area contributed by atoms with Crippen LogP contribution in [0, 0.1) is 11.6 Å². The maximum atomic E-state index is 14.1. The number of hydrazine groups is 1. The molecule has 0 aliphatic heterocycles. The molecule has 0 aromatic heterocycles. The van der Waals surface area contributed by atoms with Gasteiger partial charge in [0.05, 0.1) is 10.5 Å². The highest BCUT2D eigenvalue weighted by atomic mass is 79.9. The van der Waals surface area contributed by atoms with Gasteiger partial charge in [0.2, 0.25) is 0 Å². The van der Waals surface area contributed by atoms with Crippen molar-refractivity contribution in [3.8, 4) is 0 Å². The van der Waals surface area contributed by atoms with Crippen LogP contribution >= 0.6 is 31.9 Å². The predicted molar refractivity (Wildman–Crippen MR) is 77.4 cm³/mol. The van der Waals surface area contributed by atoms with Crippen LogP contribution in [0.1, 0.15) is 17.2 Å². The highest BCUT2D eigenvalue weighted by Gasteiger charge is 2.19. The Bertz CT molecular complexity index is 585. The molecule has 19 heavy (non-hydrogen) atoms. The van der Waals surface area contributed by atoms with Gasteiger partial charge in [0.25, 0.3) is 0 Å². The summed E-state index contributed by atoms with van der Waals surface area (Å²) in [7, 11) is 0. The van der Waals surface area contributed by atoms with E-state index in [1.54, 1.807) is 24.3 Å². The summed E-state index contributed by atoms with van der Waals surface area (Å²) in [5.74, 6) is 4.64. The van der Waals surface area contributed by atoms with Gasteiger partial charge in [-0.05, 0) is 45.8 Å². The van der Waals surface area contributed by atoms with Crippen LogP contribution in [0.4, 0.5) is 8.78 Å². The molecule has 2 nitrogen and oxygen atoms in total. The van der Waals surface area contributed by atoms with E-state index in [1.807, 2.05) is 0 Å². The zero-order valence-electron chi connectivity index (χ0n) is 9.63. The molecule has 0 saturated heterocycles. The molecule has 6 heteroatoms. The van der Waals surface area contributed by atoms with E-state index in [2.05, 4.69) is 37.3 Å². The zero-order valence-corrected chi connectivity index (χ0v) is 12.8. The van der Waals surface area contributed by atoms with Crippen molar-refractivity contribution in [1.29, 1.82) is 0 Å². The van der Waals surface area contributed by atoms with Gasteiger partial charge in [0, 0.05) is 10.0 Å². The first-order valence-electron chi connectivity index (χ1n) is 5.39. The minimum Gasteiger partial charge on any atom is -0.271 e. The summed E-state index contributed by atoms with van der Waals surface area (Å²) in [6.45, 7) is 0. The van der Waals surface area contributed by atoms with Gasteiger partial charge < -0.3 is 0 Å². The Morgan fingerprint density at radius 2 is 1.84 bits per heavy atom. The van der Waals surface area contributed by atoms with Crippen molar-refractivity contribution < 1.29 is 8.78 Å². The minimum absolute atomic E-state index is 0.334. The number of halogens is 4. The molecule has 0 saturated carbocycles. The molecule has 0 amide bonds. The lowest BCUT2D eigenvalue weighted by atomic mass is 9.99. The number of hydrogen-bond acceptors (Lipinski definition) is 2. The predicted octanol–water partition coefficient (Wildman–Crippen LogP) is 4.04. The molecule has 0 radical (unpaired) electrons. The largest absolute Gasteiger partial charge is 0.271 e. The lowest BCUT2D eigenvalue weighted by molar-refractivity contribution is 0.551. The Hall–Kier alpha value is -0.820. The van der Waals surface area contributed by atoms with Gasteiger partial charge in [-0.3, -0.25) is 5.84 Å². The monoisotopic (exact) mass is 390 g/mol. The summed E-state index contributed by atoms with van der Waals surface area (Å²) in [6, 6.07) is 8.58. The van der Waals surface area contributed by atoms with Gasteiger partial charge in [0.15, 0.2) is 0 Å². The molecule has 0 fully saturated rings. The highest BCUT2D eigenvalue weighted by molar-refractivity contribution is 9.10. The molecule has 0 aliphatic carbocycles. The van der Waals surface area contributed by atoms with Gasteiger partial charge in [-0.25, -0.2) is 14.2 Å². The molecule has 0 spiro atoms. The number of nitrogens with one attached hydrogen (secondary N) is 1. The number of rotatable bonds is 3. The summed E-state index contributed by atoms with van der Waals surface area (Å²) in [4.78, 5) is 0. The first-order chi connectivity index (χ1) is 9.02. The van der Waals surface area contributed by atoms with Crippen LogP contribution in [0.3, 0.4) is 0 Å². The van der Waals surface area contributed by atoms with Crippen LogP contribution < -0.4 is 11.3 Å². The second-order valence-electron chi connectivity index (χ2n) is 3.95. The van der Waals surface area contributed by atoms with Crippen LogP contribution in [-0.4, -0.2) is 0 Å². The van der Waals surface area contributed by atoms with Crippen LogP contribution in [0.5, 0.6) is 0 Å². The van der Waals surface area contributed by atoms with Crippen LogP contribution in [0.25, 0.3) is 0 Å². The second kappa shape index (κ2) is 6.09. The number of hydrogen-bond donors (Lipinski definition) is 2. The third-order valence-corrected chi connectivity index (χ3v) is 3.75. The van der Waals surface area contributed by atoms with E-state index in [0.717, 1.165) is 0 Å². The van der Waals surface area contributed by atoms with Crippen molar-refractivity contribution in [1.82, 2.24) is 5.43 Å². The first-order valence-corrected chi connectivity index (χ1v) is 6.97. The van der Waals surface area contributed by atoms with Crippen molar-refractivity contribution in [2.45, 2.75) is 6.04 Å². The van der Waals surface area contributed by atoms with E-state index in [9.17, 15) is 8.78 Å². The fourth-order valence-corrected chi connectivity index (χ4v) is 2.72. The third-order valence-electron chi connectivity index (χ3n) is 2.68. The summed E-state index contributed by atoms with van der Waals surface area (Å²) < 4.78 is 28.4. The zero-order chi connectivity index (χ0) is 14.0. The van der Waals surface area contributed by atoms with E-state index >= 15 is 0 Å². The first kappa shape index (κ1) is 14.6. The van der Waals surface area contributed by atoms with Gasteiger partial charge in [-0.15, -0.1) is 0 Å². The fraction of sp³-hybridized carbons (Fsp3) is 0.0769. The van der Waals surface area contributed by atoms with E-state index in [1.165, 1.54) is 12.1 Å². The second-order valence-corrected chi connectivity index (χ2v) is 5.72. The molecule has 1 unspecified atom stereocenters. The topological polar surface area (TPSA) is 38.0 Å². The smallest absolute Gasteiger partial charge is 0.142 e. The normalized spacial score (nSPS) is 12.5. The summed E-state index contributed by atoms with van der Waals surface area (Å²) in [6.07, 6.45) is 0. The third kappa shape index (κ3) is 3.20.